The Morgan fingerprint density at radius 3 is 2.53 bits per heavy atom. The molecule has 0 radical (unpaired) electrons. The van der Waals surface area contributed by atoms with Crippen molar-refractivity contribution in [3.8, 4) is 11.5 Å². The zero-order valence-electron chi connectivity index (χ0n) is 27.1. The first-order chi connectivity index (χ1) is 23.9. The van der Waals surface area contributed by atoms with Gasteiger partial charge in [0.05, 0.1) is 30.8 Å². The molecule has 3 aliphatic rings. The molecule has 0 bridgehead atoms. The van der Waals surface area contributed by atoms with Crippen molar-refractivity contribution in [3.63, 3.8) is 0 Å². The van der Waals surface area contributed by atoms with E-state index < -0.39 is 0 Å². The van der Waals surface area contributed by atoms with Gasteiger partial charge in [-0.3, -0.25) is 14.6 Å². The maximum Gasteiger partial charge on any atom is 0.257 e. The summed E-state index contributed by atoms with van der Waals surface area (Å²) in [6.45, 7) is 1.29. The van der Waals surface area contributed by atoms with Crippen LogP contribution in [0.25, 0.3) is 10.8 Å². The zero-order valence-corrected chi connectivity index (χ0v) is 27.8. The topological polar surface area (TPSA) is 97.5 Å². The van der Waals surface area contributed by atoms with Crippen LogP contribution < -0.4 is 20.1 Å². The van der Waals surface area contributed by atoms with E-state index in [0.29, 0.717) is 47.4 Å². The Bertz CT molecular complexity index is 2160. The first kappa shape index (κ1) is 31.0. The van der Waals surface area contributed by atoms with Crippen molar-refractivity contribution in [1.82, 2.24) is 4.90 Å². The normalized spacial score (nSPS) is 17.6. The van der Waals surface area contributed by atoms with E-state index in [-0.39, 0.29) is 36.8 Å². The summed E-state index contributed by atoms with van der Waals surface area (Å²) in [7, 11) is 1.56. The Hall–Kier alpha value is -5.34. The van der Waals surface area contributed by atoms with Gasteiger partial charge in [-0.2, -0.15) is 0 Å². The standard InChI is InChI=1S/C40H35ClN4O4/c1-48-36-16-32-34(43-20-29-15-26-9-2-3-10-27(26)21-44(29)40(32)47)18-37(36)49-23-25-8-6-7-24(13-25)14-38(46)45-22-28(19-41)39-31-12-5-4-11-30(31)33(42)17-35(39)45/h2-13,16-18,20,28-29H,14-15,19,21-23,42H2,1H3/t28-,29+/m1/s1. The van der Waals surface area contributed by atoms with Crippen LogP contribution in [0.1, 0.15) is 44.1 Å². The van der Waals surface area contributed by atoms with Crippen LogP contribution in [0.5, 0.6) is 11.5 Å². The van der Waals surface area contributed by atoms with Gasteiger partial charge in [0.2, 0.25) is 5.91 Å². The van der Waals surface area contributed by atoms with E-state index in [1.807, 2.05) is 82.7 Å². The number of anilines is 2. The molecule has 2 amide bonds. The molecule has 8 rings (SSSR count). The van der Waals surface area contributed by atoms with E-state index in [1.54, 1.807) is 19.2 Å². The molecular formula is C40H35ClN4O4. The highest BCUT2D eigenvalue weighted by Crippen LogP contribution is 2.44. The second kappa shape index (κ2) is 12.6. The average Bonchev–Trinajstić information content (AvgIpc) is 3.45. The number of halogens is 1. The van der Waals surface area contributed by atoms with Crippen LogP contribution in [-0.4, -0.2) is 48.5 Å². The van der Waals surface area contributed by atoms with Gasteiger partial charge in [-0.25, -0.2) is 0 Å². The summed E-state index contributed by atoms with van der Waals surface area (Å²) in [6, 6.07) is 29.3. The number of alkyl halides is 1. The first-order valence-corrected chi connectivity index (χ1v) is 17.0. The molecule has 0 saturated heterocycles. The van der Waals surface area contributed by atoms with Crippen LogP contribution in [0.15, 0.2) is 96.0 Å². The van der Waals surface area contributed by atoms with Crippen molar-refractivity contribution in [2.24, 2.45) is 4.99 Å². The molecule has 2 N–H and O–H groups in total. The summed E-state index contributed by atoms with van der Waals surface area (Å²) in [6.07, 6.45) is 2.80. The highest BCUT2D eigenvalue weighted by atomic mass is 35.5. The van der Waals surface area contributed by atoms with E-state index in [0.717, 1.165) is 45.1 Å². The highest BCUT2D eigenvalue weighted by molar-refractivity contribution is 6.19. The Morgan fingerprint density at radius 2 is 1.71 bits per heavy atom. The summed E-state index contributed by atoms with van der Waals surface area (Å²) < 4.78 is 11.9. The quantitative estimate of drug-likeness (QED) is 0.146. The molecule has 2 atom stereocenters. The number of amides is 2. The third kappa shape index (κ3) is 5.56. The molecule has 3 aliphatic heterocycles. The number of fused-ring (bicyclic) bond motifs is 6. The number of hydrogen-bond acceptors (Lipinski definition) is 6. The van der Waals surface area contributed by atoms with Crippen LogP contribution >= 0.6 is 11.6 Å². The van der Waals surface area contributed by atoms with Gasteiger partial charge < -0.3 is 25.0 Å². The van der Waals surface area contributed by atoms with Crippen molar-refractivity contribution in [1.29, 1.82) is 0 Å². The van der Waals surface area contributed by atoms with Crippen LogP contribution in [0, 0.1) is 0 Å². The van der Waals surface area contributed by atoms with Crippen LogP contribution in [0.3, 0.4) is 0 Å². The molecule has 0 spiro atoms. The predicted octanol–water partition coefficient (Wildman–Crippen LogP) is 7.20. The minimum absolute atomic E-state index is 0.0176. The number of benzene rings is 5. The number of nitrogens with zero attached hydrogens (tertiary/aromatic N) is 3. The third-order valence-corrected chi connectivity index (χ3v) is 10.2. The lowest BCUT2D eigenvalue weighted by atomic mass is 9.94. The van der Waals surface area contributed by atoms with Crippen molar-refractivity contribution in [2.45, 2.75) is 38.0 Å². The predicted molar refractivity (Wildman–Crippen MR) is 194 cm³/mol. The Morgan fingerprint density at radius 1 is 0.939 bits per heavy atom. The summed E-state index contributed by atoms with van der Waals surface area (Å²) >= 11 is 6.42. The first-order valence-electron chi connectivity index (χ1n) is 16.4. The van der Waals surface area contributed by atoms with Crippen molar-refractivity contribution >= 4 is 57.5 Å². The summed E-state index contributed by atoms with van der Waals surface area (Å²) in [4.78, 5) is 35.9. The third-order valence-electron chi connectivity index (χ3n) is 9.87. The number of ether oxygens (including phenoxy) is 2. The van der Waals surface area contributed by atoms with Gasteiger partial charge in [-0.1, -0.05) is 72.8 Å². The van der Waals surface area contributed by atoms with Gasteiger partial charge in [0.15, 0.2) is 11.5 Å². The molecule has 0 saturated carbocycles. The summed E-state index contributed by atoms with van der Waals surface area (Å²) in [5.41, 5.74) is 14.2. The summed E-state index contributed by atoms with van der Waals surface area (Å²) in [5.74, 6) is 1.29. The minimum atomic E-state index is -0.123. The fourth-order valence-corrected chi connectivity index (χ4v) is 7.67. The van der Waals surface area contributed by atoms with Gasteiger partial charge in [0.25, 0.3) is 5.91 Å². The second-order valence-corrected chi connectivity index (χ2v) is 13.2. The molecule has 5 aromatic rings. The van der Waals surface area contributed by atoms with E-state index in [1.165, 1.54) is 5.56 Å². The molecule has 49 heavy (non-hydrogen) atoms. The van der Waals surface area contributed by atoms with Crippen molar-refractivity contribution in [2.75, 3.05) is 30.2 Å². The largest absolute Gasteiger partial charge is 0.493 e. The molecule has 246 valence electrons. The molecular weight excluding hydrogens is 636 g/mol. The number of nitrogen functional groups attached to an aromatic ring is 1. The smallest absolute Gasteiger partial charge is 0.257 e. The fraction of sp³-hybridized carbons (Fsp3) is 0.225. The minimum Gasteiger partial charge on any atom is -0.493 e. The van der Waals surface area contributed by atoms with Gasteiger partial charge in [0.1, 0.15) is 6.61 Å². The lowest BCUT2D eigenvalue weighted by Gasteiger charge is -2.34. The van der Waals surface area contributed by atoms with Crippen LogP contribution in [-0.2, 0) is 30.8 Å². The van der Waals surface area contributed by atoms with Gasteiger partial charge in [-0.15, -0.1) is 11.6 Å². The molecule has 3 heterocycles. The zero-order chi connectivity index (χ0) is 33.6. The van der Waals surface area contributed by atoms with Crippen molar-refractivity contribution in [3.05, 3.63) is 124 Å². The van der Waals surface area contributed by atoms with Crippen LogP contribution in [0.4, 0.5) is 17.1 Å². The molecule has 0 aliphatic carbocycles. The number of rotatable bonds is 7. The lowest BCUT2D eigenvalue weighted by molar-refractivity contribution is -0.117. The molecule has 5 aromatic carbocycles. The highest BCUT2D eigenvalue weighted by Gasteiger charge is 2.35. The SMILES string of the molecule is COc1cc2c(cc1OCc1cccc(CC(=O)N3C[C@@H](CCl)c4c3cc(N)c3ccccc43)c1)N=C[C@@H]1Cc3ccccc3CN1C2=O. The van der Waals surface area contributed by atoms with E-state index in [9.17, 15) is 9.59 Å². The Balaban J connectivity index is 0.997. The molecule has 0 aromatic heterocycles. The maximum absolute atomic E-state index is 13.8. The van der Waals surface area contributed by atoms with Gasteiger partial charge in [-0.05, 0) is 51.8 Å². The van der Waals surface area contributed by atoms with E-state index >= 15 is 0 Å². The van der Waals surface area contributed by atoms with Crippen molar-refractivity contribution < 1.29 is 19.1 Å². The number of nitrogens with two attached hydrogens (primary N) is 1. The lowest BCUT2D eigenvalue weighted by Crippen LogP contribution is -2.44. The van der Waals surface area contributed by atoms with Crippen LogP contribution in [0.2, 0.25) is 0 Å². The van der Waals surface area contributed by atoms with E-state index in [4.69, 9.17) is 31.8 Å². The van der Waals surface area contributed by atoms with E-state index in [2.05, 4.69) is 12.1 Å². The second-order valence-electron chi connectivity index (χ2n) is 12.9. The monoisotopic (exact) mass is 670 g/mol. The molecule has 8 nitrogen and oxygen atoms in total. The molecule has 0 fully saturated rings. The number of methoxy groups -OCH3 is 1. The number of carbonyl (C=O) groups excluding carboxylic acids is 2. The fourth-order valence-electron chi connectivity index (χ4n) is 7.42. The molecule has 0 unspecified atom stereocenters. The average molecular weight is 671 g/mol. The number of aliphatic imine (C=N–C) groups is 1. The molecule has 9 heteroatoms. The van der Waals surface area contributed by atoms with Gasteiger partial charge >= 0.3 is 0 Å². The van der Waals surface area contributed by atoms with Gasteiger partial charge in [0, 0.05) is 53.9 Å². The maximum atomic E-state index is 13.8. The summed E-state index contributed by atoms with van der Waals surface area (Å²) in [5, 5.41) is 2.02. The number of hydrogen-bond donors (Lipinski definition) is 1. The Kier molecular flexibility index (Phi) is 7.96. The Labute approximate surface area is 289 Å². The number of carbonyl (C=O) groups is 2.